The first kappa shape index (κ1) is 15.8. The van der Waals surface area contributed by atoms with Crippen LogP contribution >= 0.6 is 11.6 Å². The van der Waals surface area contributed by atoms with E-state index in [0.29, 0.717) is 29.5 Å². The van der Waals surface area contributed by atoms with Crippen molar-refractivity contribution in [2.45, 2.75) is 6.42 Å². The predicted molar refractivity (Wildman–Crippen MR) is 78.5 cm³/mol. The number of nitrogens with two attached hydrogens (primary N) is 1. The number of amides is 1. The van der Waals surface area contributed by atoms with Crippen molar-refractivity contribution in [3.8, 4) is 0 Å². The number of nitrogens with zero attached hydrogens (tertiary/aromatic N) is 1. The second kappa shape index (κ2) is 7.99. The van der Waals surface area contributed by atoms with Crippen molar-refractivity contribution in [3.05, 3.63) is 23.2 Å². The molecule has 0 aliphatic heterocycles. The van der Waals surface area contributed by atoms with E-state index in [4.69, 9.17) is 22.1 Å². The topological polar surface area (TPSA) is 67.6 Å². The third kappa shape index (κ3) is 5.92. The normalized spacial score (nSPS) is 10.7. The van der Waals surface area contributed by atoms with E-state index in [1.807, 2.05) is 11.9 Å². The number of rotatable bonds is 7. The fraction of sp³-hybridized carbons (Fsp3) is 0.462. The molecule has 0 heterocycles. The highest BCUT2D eigenvalue weighted by Gasteiger charge is 2.08. The number of anilines is 2. The number of carbonyl (C=O) groups is 1. The van der Waals surface area contributed by atoms with Gasteiger partial charge >= 0.3 is 0 Å². The fourth-order valence-electron chi connectivity index (χ4n) is 1.63. The van der Waals surface area contributed by atoms with Crippen molar-refractivity contribution < 1.29 is 9.53 Å². The minimum Gasteiger partial charge on any atom is -0.397 e. The van der Waals surface area contributed by atoms with E-state index < -0.39 is 0 Å². The van der Waals surface area contributed by atoms with E-state index in [2.05, 4.69) is 5.32 Å². The summed E-state index contributed by atoms with van der Waals surface area (Å²) >= 11 is 5.86. The summed E-state index contributed by atoms with van der Waals surface area (Å²) in [4.78, 5) is 13.8. The van der Waals surface area contributed by atoms with Crippen LogP contribution in [0, 0.1) is 0 Å². The Bertz CT molecular complexity index is 426. The van der Waals surface area contributed by atoms with Gasteiger partial charge in [-0.3, -0.25) is 9.69 Å². The first-order valence-electron chi connectivity index (χ1n) is 6.05. The van der Waals surface area contributed by atoms with Gasteiger partial charge in [-0.15, -0.1) is 0 Å². The van der Waals surface area contributed by atoms with Crippen LogP contribution in [0.5, 0.6) is 0 Å². The molecule has 5 nitrogen and oxygen atoms in total. The Morgan fingerprint density at radius 2 is 2.26 bits per heavy atom. The number of carbonyl (C=O) groups excluding carboxylic acids is 1. The van der Waals surface area contributed by atoms with Gasteiger partial charge in [-0.2, -0.15) is 0 Å². The van der Waals surface area contributed by atoms with E-state index in [9.17, 15) is 4.79 Å². The van der Waals surface area contributed by atoms with Gasteiger partial charge in [0.05, 0.1) is 17.9 Å². The van der Waals surface area contributed by atoms with Crippen LogP contribution in [0.15, 0.2) is 18.2 Å². The molecule has 0 aliphatic carbocycles. The molecule has 19 heavy (non-hydrogen) atoms. The number of hydrogen-bond donors (Lipinski definition) is 2. The minimum atomic E-state index is -0.117. The summed E-state index contributed by atoms with van der Waals surface area (Å²) in [5.74, 6) is -0.117. The molecule has 0 aromatic heterocycles. The molecule has 0 unspecified atom stereocenters. The molecule has 1 amide bonds. The predicted octanol–water partition coefficient (Wildman–Crippen LogP) is 1.83. The summed E-state index contributed by atoms with van der Waals surface area (Å²) in [6, 6.07) is 4.99. The Balaban J connectivity index is 2.44. The van der Waals surface area contributed by atoms with Gasteiger partial charge in [0.1, 0.15) is 0 Å². The van der Waals surface area contributed by atoms with Gasteiger partial charge in [0, 0.05) is 25.3 Å². The highest BCUT2D eigenvalue weighted by Crippen LogP contribution is 2.22. The van der Waals surface area contributed by atoms with Crippen LogP contribution in [-0.4, -0.2) is 44.7 Å². The highest BCUT2D eigenvalue weighted by atomic mass is 35.5. The number of halogens is 1. The first-order valence-corrected chi connectivity index (χ1v) is 6.43. The summed E-state index contributed by atoms with van der Waals surface area (Å²) < 4.78 is 4.96. The van der Waals surface area contributed by atoms with Gasteiger partial charge in [0.15, 0.2) is 0 Å². The van der Waals surface area contributed by atoms with Crippen molar-refractivity contribution >= 4 is 28.9 Å². The van der Waals surface area contributed by atoms with Gasteiger partial charge in [-0.25, -0.2) is 0 Å². The molecule has 0 aliphatic rings. The number of nitrogen functional groups attached to an aromatic ring is 1. The van der Waals surface area contributed by atoms with Crippen LogP contribution in [-0.2, 0) is 9.53 Å². The maximum atomic E-state index is 11.8. The van der Waals surface area contributed by atoms with Crippen molar-refractivity contribution in [3.63, 3.8) is 0 Å². The summed E-state index contributed by atoms with van der Waals surface area (Å²) in [6.45, 7) is 1.79. The highest BCUT2D eigenvalue weighted by molar-refractivity contribution is 6.31. The quantitative estimate of drug-likeness (QED) is 0.592. The van der Waals surface area contributed by atoms with E-state index in [1.165, 1.54) is 0 Å². The molecule has 1 aromatic carbocycles. The molecule has 1 aromatic rings. The molecule has 0 spiro atoms. The van der Waals surface area contributed by atoms with Crippen LogP contribution in [0.2, 0.25) is 5.02 Å². The number of methoxy groups -OCH3 is 1. The van der Waals surface area contributed by atoms with Crippen molar-refractivity contribution in [1.29, 1.82) is 0 Å². The molecule has 0 saturated carbocycles. The first-order chi connectivity index (χ1) is 9.02. The number of benzene rings is 1. The van der Waals surface area contributed by atoms with Crippen molar-refractivity contribution in [1.82, 2.24) is 4.90 Å². The maximum absolute atomic E-state index is 11.8. The number of ether oxygens (including phenoxy) is 1. The molecule has 0 saturated heterocycles. The fourth-order valence-corrected chi connectivity index (χ4v) is 1.80. The second-order valence-electron chi connectivity index (χ2n) is 4.36. The van der Waals surface area contributed by atoms with Gasteiger partial charge in [-0.05, 0) is 31.7 Å². The third-order valence-corrected chi connectivity index (χ3v) is 2.83. The van der Waals surface area contributed by atoms with Gasteiger partial charge < -0.3 is 15.8 Å². The van der Waals surface area contributed by atoms with E-state index >= 15 is 0 Å². The zero-order valence-corrected chi connectivity index (χ0v) is 12.0. The second-order valence-corrected chi connectivity index (χ2v) is 4.80. The van der Waals surface area contributed by atoms with Gasteiger partial charge in [-0.1, -0.05) is 11.6 Å². The summed E-state index contributed by atoms with van der Waals surface area (Å²) in [5, 5.41) is 3.29. The van der Waals surface area contributed by atoms with E-state index in [-0.39, 0.29) is 5.91 Å². The SMILES string of the molecule is COCCCN(C)CC(=O)Nc1cc(Cl)ccc1N. The standard InChI is InChI=1S/C13H20ClN3O2/c1-17(6-3-7-19-2)9-13(18)16-12-8-10(14)4-5-11(12)15/h4-5,8H,3,6-7,9,15H2,1-2H3,(H,16,18). The largest absolute Gasteiger partial charge is 0.397 e. The molecular weight excluding hydrogens is 266 g/mol. The average molecular weight is 286 g/mol. The molecule has 6 heteroatoms. The van der Waals surface area contributed by atoms with Crippen LogP contribution in [0.25, 0.3) is 0 Å². The van der Waals surface area contributed by atoms with E-state index in [1.54, 1.807) is 25.3 Å². The summed E-state index contributed by atoms with van der Waals surface area (Å²) in [6.07, 6.45) is 0.888. The molecule has 1 rings (SSSR count). The van der Waals surface area contributed by atoms with Crippen LogP contribution in [0.4, 0.5) is 11.4 Å². The summed E-state index contributed by atoms with van der Waals surface area (Å²) in [5.41, 5.74) is 6.81. The molecule has 106 valence electrons. The molecule has 0 atom stereocenters. The lowest BCUT2D eigenvalue weighted by molar-refractivity contribution is -0.117. The lowest BCUT2D eigenvalue weighted by Crippen LogP contribution is -2.31. The van der Waals surface area contributed by atoms with Gasteiger partial charge in [0.2, 0.25) is 5.91 Å². The van der Waals surface area contributed by atoms with E-state index in [0.717, 1.165) is 13.0 Å². The Morgan fingerprint density at radius 3 is 2.95 bits per heavy atom. The molecule has 3 N–H and O–H groups in total. The number of hydrogen-bond acceptors (Lipinski definition) is 4. The lowest BCUT2D eigenvalue weighted by Gasteiger charge is -2.16. The monoisotopic (exact) mass is 285 g/mol. The zero-order chi connectivity index (χ0) is 14.3. The number of likely N-dealkylation sites (N-methyl/N-ethyl adjacent to an activating group) is 1. The van der Waals surface area contributed by atoms with Crippen LogP contribution in [0.3, 0.4) is 0 Å². The summed E-state index contributed by atoms with van der Waals surface area (Å²) in [7, 11) is 3.55. The van der Waals surface area contributed by atoms with Crippen LogP contribution < -0.4 is 11.1 Å². The average Bonchev–Trinajstić information content (AvgIpc) is 2.34. The smallest absolute Gasteiger partial charge is 0.238 e. The Hall–Kier alpha value is -1.30. The maximum Gasteiger partial charge on any atom is 0.238 e. The molecule has 0 bridgehead atoms. The third-order valence-electron chi connectivity index (χ3n) is 2.59. The Kier molecular flexibility index (Phi) is 6.62. The lowest BCUT2D eigenvalue weighted by atomic mass is 10.2. The molecular formula is C13H20ClN3O2. The van der Waals surface area contributed by atoms with Gasteiger partial charge in [0.25, 0.3) is 0 Å². The minimum absolute atomic E-state index is 0.117. The van der Waals surface area contributed by atoms with Crippen molar-refractivity contribution in [2.75, 3.05) is 44.9 Å². The zero-order valence-electron chi connectivity index (χ0n) is 11.3. The molecule has 0 fully saturated rings. The number of nitrogens with one attached hydrogen (secondary N) is 1. The molecule has 0 radical (unpaired) electrons. The van der Waals surface area contributed by atoms with Crippen LogP contribution in [0.1, 0.15) is 6.42 Å². The Morgan fingerprint density at radius 1 is 1.53 bits per heavy atom. The Labute approximate surface area is 118 Å². The van der Waals surface area contributed by atoms with Crippen molar-refractivity contribution in [2.24, 2.45) is 0 Å².